The first kappa shape index (κ1) is 16.4. The van der Waals surface area contributed by atoms with E-state index in [0.29, 0.717) is 24.4 Å². The number of anilines is 1. The zero-order chi connectivity index (χ0) is 18.1. The molecule has 6 nitrogen and oxygen atoms in total. The summed E-state index contributed by atoms with van der Waals surface area (Å²) in [5.74, 6) is 0.0582. The molecule has 7 heteroatoms. The Kier molecular flexibility index (Phi) is 4.20. The highest BCUT2D eigenvalue weighted by Crippen LogP contribution is 2.25. The first-order valence-corrected chi connectivity index (χ1v) is 8.49. The average Bonchev–Trinajstić information content (AvgIpc) is 3.31. The van der Waals surface area contributed by atoms with E-state index in [4.69, 9.17) is 4.42 Å². The van der Waals surface area contributed by atoms with Crippen molar-refractivity contribution in [3.8, 4) is 11.3 Å². The summed E-state index contributed by atoms with van der Waals surface area (Å²) in [5, 5.41) is 4.18. The third-order valence-electron chi connectivity index (χ3n) is 4.58. The zero-order valence-corrected chi connectivity index (χ0v) is 14.4. The Morgan fingerprint density at radius 3 is 2.58 bits per heavy atom. The lowest BCUT2D eigenvalue weighted by atomic mass is 10.1. The Bertz CT molecular complexity index is 925. The van der Waals surface area contributed by atoms with Crippen LogP contribution in [0, 0.1) is 5.82 Å². The van der Waals surface area contributed by atoms with Gasteiger partial charge in [-0.15, -0.1) is 0 Å². The standard InChI is InChI=1S/C19H19FN4O2/c1-22-13-14(12-21-22)23-8-10-24(11-9-23)19(25)18-7-6-17(26-18)15-4-2-3-5-16(15)20/h2-7,12-13H,8-11H2,1H3. The lowest BCUT2D eigenvalue weighted by Crippen LogP contribution is -2.48. The molecule has 0 spiro atoms. The molecule has 2 aromatic heterocycles. The number of hydrogen-bond acceptors (Lipinski definition) is 4. The molecule has 0 N–H and O–H groups in total. The molecule has 1 aromatic carbocycles. The summed E-state index contributed by atoms with van der Waals surface area (Å²) in [5.41, 5.74) is 1.41. The number of rotatable bonds is 3. The van der Waals surface area contributed by atoms with Gasteiger partial charge in [0.25, 0.3) is 5.91 Å². The molecule has 1 aliphatic heterocycles. The summed E-state index contributed by atoms with van der Waals surface area (Å²) in [6, 6.07) is 9.61. The molecule has 1 saturated heterocycles. The van der Waals surface area contributed by atoms with Gasteiger partial charge in [0, 0.05) is 39.4 Å². The largest absolute Gasteiger partial charge is 0.451 e. The first-order valence-electron chi connectivity index (χ1n) is 8.49. The number of furan rings is 1. The number of hydrogen-bond donors (Lipinski definition) is 0. The van der Waals surface area contributed by atoms with Crippen molar-refractivity contribution in [2.24, 2.45) is 7.05 Å². The van der Waals surface area contributed by atoms with E-state index < -0.39 is 0 Å². The SMILES string of the molecule is Cn1cc(N2CCN(C(=O)c3ccc(-c4ccccc4F)o3)CC2)cn1. The van der Waals surface area contributed by atoms with Gasteiger partial charge in [-0.25, -0.2) is 4.39 Å². The molecule has 0 saturated carbocycles. The molecule has 0 radical (unpaired) electrons. The van der Waals surface area contributed by atoms with Gasteiger partial charge in [0.2, 0.25) is 0 Å². The van der Waals surface area contributed by atoms with Crippen molar-refractivity contribution in [2.45, 2.75) is 0 Å². The summed E-state index contributed by atoms with van der Waals surface area (Å²) in [7, 11) is 1.88. The minimum Gasteiger partial charge on any atom is -0.451 e. The molecule has 134 valence electrons. The van der Waals surface area contributed by atoms with E-state index in [2.05, 4.69) is 10.00 Å². The fourth-order valence-corrected chi connectivity index (χ4v) is 3.15. The second kappa shape index (κ2) is 6.67. The fraction of sp³-hybridized carbons (Fsp3) is 0.263. The van der Waals surface area contributed by atoms with Gasteiger partial charge in [0.05, 0.1) is 17.4 Å². The van der Waals surface area contributed by atoms with Crippen molar-refractivity contribution in [2.75, 3.05) is 31.1 Å². The van der Waals surface area contributed by atoms with Crippen LogP contribution in [0.4, 0.5) is 10.1 Å². The summed E-state index contributed by atoms with van der Waals surface area (Å²) >= 11 is 0. The van der Waals surface area contributed by atoms with Gasteiger partial charge < -0.3 is 14.2 Å². The Morgan fingerprint density at radius 1 is 1.12 bits per heavy atom. The monoisotopic (exact) mass is 354 g/mol. The highest BCUT2D eigenvalue weighted by molar-refractivity contribution is 5.92. The van der Waals surface area contributed by atoms with Gasteiger partial charge in [-0.1, -0.05) is 12.1 Å². The summed E-state index contributed by atoms with van der Waals surface area (Å²) in [4.78, 5) is 16.6. The number of amides is 1. The first-order chi connectivity index (χ1) is 12.6. The number of nitrogens with zero attached hydrogens (tertiary/aromatic N) is 4. The van der Waals surface area contributed by atoms with Crippen LogP contribution in [0.5, 0.6) is 0 Å². The number of aromatic nitrogens is 2. The number of benzene rings is 1. The van der Waals surface area contributed by atoms with Gasteiger partial charge in [0.1, 0.15) is 11.6 Å². The number of aryl methyl sites for hydroxylation is 1. The lowest BCUT2D eigenvalue weighted by molar-refractivity contribution is 0.0715. The fourth-order valence-electron chi connectivity index (χ4n) is 3.15. The molecule has 1 aliphatic rings. The lowest BCUT2D eigenvalue weighted by Gasteiger charge is -2.34. The van der Waals surface area contributed by atoms with E-state index in [9.17, 15) is 9.18 Å². The predicted molar refractivity (Wildman–Crippen MR) is 95.4 cm³/mol. The van der Waals surface area contributed by atoms with Gasteiger partial charge in [-0.2, -0.15) is 5.10 Å². The smallest absolute Gasteiger partial charge is 0.289 e. The topological polar surface area (TPSA) is 54.5 Å². The van der Waals surface area contributed by atoms with Crippen molar-refractivity contribution in [1.29, 1.82) is 0 Å². The van der Waals surface area contributed by atoms with Crippen LogP contribution < -0.4 is 4.90 Å². The Labute approximate surface area is 150 Å². The quantitative estimate of drug-likeness (QED) is 0.726. The molecule has 3 heterocycles. The third kappa shape index (κ3) is 3.08. The van der Waals surface area contributed by atoms with Crippen LogP contribution in [-0.2, 0) is 7.05 Å². The van der Waals surface area contributed by atoms with E-state index in [1.807, 2.05) is 19.4 Å². The summed E-state index contributed by atoms with van der Waals surface area (Å²) < 4.78 is 21.3. The third-order valence-corrected chi connectivity index (χ3v) is 4.58. The van der Waals surface area contributed by atoms with Crippen molar-refractivity contribution >= 4 is 11.6 Å². The van der Waals surface area contributed by atoms with E-state index >= 15 is 0 Å². The van der Waals surface area contributed by atoms with Gasteiger partial charge in [-0.3, -0.25) is 9.48 Å². The molecule has 0 aliphatic carbocycles. The second-order valence-corrected chi connectivity index (χ2v) is 6.30. The molecular formula is C19H19FN4O2. The Hall–Kier alpha value is -3.09. The maximum atomic E-state index is 13.9. The van der Waals surface area contributed by atoms with Crippen LogP contribution >= 0.6 is 0 Å². The van der Waals surface area contributed by atoms with E-state index in [1.54, 1.807) is 39.9 Å². The Balaban J connectivity index is 1.44. The average molecular weight is 354 g/mol. The molecule has 3 aromatic rings. The summed E-state index contributed by atoms with van der Waals surface area (Å²) in [6.45, 7) is 2.67. The van der Waals surface area contributed by atoms with Crippen LogP contribution in [0.1, 0.15) is 10.6 Å². The summed E-state index contributed by atoms with van der Waals surface area (Å²) in [6.07, 6.45) is 3.79. The highest BCUT2D eigenvalue weighted by Gasteiger charge is 2.25. The van der Waals surface area contributed by atoms with Crippen molar-refractivity contribution < 1.29 is 13.6 Å². The van der Waals surface area contributed by atoms with Crippen molar-refractivity contribution in [3.63, 3.8) is 0 Å². The second-order valence-electron chi connectivity index (χ2n) is 6.30. The van der Waals surface area contributed by atoms with Crippen molar-refractivity contribution in [1.82, 2.24) is 14.7 Å². The Morgan fingerprint density at radius 2 is 1.88 bits per heavy atom. The van der Waals surface area contributed by atoms with E-state index in [0.717, 1.165) is 18.8 Å². The van der Waals surface area contributed by atoms with Gasteiger partial charge in [0.15, 0.2) is 5.76 Å². The minimum absolute atomic E-state index is 0.168. The molecular weight excluding hydrogens is 335 g/mol. The molecule has 0 unspecified atom stereocenters. The van der Waals surface area contributed by atoms with Crippen molar-refractivity contribution in [3.05, 3.63) is 60.4 Å². The van der Waals surface area contributed by atoms with Crippen LogP contribution in [0.2, 0.25) is 0 Å². The number of halogens is 1. The molecule has 4 rings (SSSR count). The maximum absolute atomic E-state index is 13.9. The minimum atomic E-state index is -0.370. The van der Waals surface area contributed by atoms with Gasteiger partial charge >= 0.3 is 0 Å². The molecule has 1 amide bonds. The zero-order valence-electron chi connectivity index (χ0n) is 14.4. The van der Waals surface area contributed by atoms with E-state index in [1.165, 1.54) is 6.07 Å². The van der Waals surface area contributed by atoms with E-state index in [-0.39, 0.29) is 17.5 Å². The van der Waals surface area contributed by atoms with Crippen LogP contribution in [0.15, 0.2) is 53.2 Å². The number of piperazine rings is 1. The predicted octanol–water partition coefficient (Wildman–Crippen LogP) is 2.78. The molecule has 1 fully saturated rings. The number of carbonyl (C=O) groups excluding carboxylic acids is 1. The number of carbonyl (C=O) groups is 1. The maximum Gasteiger partial charge on any atom is 0.289 e. The van der Waals surface area contributed by atoms with Gasteiger partial charge in [-0.05, 0) is 24.3 Å². The molecule has 0 bridgehead atoms. The highest BCUT2D eigenvalue weighted by atomic mass is 19.1. The normalized spacial score (nSPS) is 14.7. The molecule has 26 heavy (non-hydrogen) atoms. The van der Waals surface area contributed by atoms with Crippen LogP contribution in [0.25, 0.3) is 11.3 Å². The molecule has 0 atom stereocenters. The van der Waals surface area contributed by atoms with Crippen LogP contribution in [0.3, 0.4) is 0 Å². The van der Waals surface area contributed by atoms with Crippen LogP contribution in [-0.4, -0.2) is 46.8 Å².